The lowest BCUT2D eigenvalue weighted by Crippen LogP contribution is -2.47. The highest BCUT2D eigenvalue weighted by Crippen LogP contribution is 2.17. The fourth-order valence-electron chi connectivity index (χ4n) is 2.79. The summed E-state index contributed by atoms with van der Waals surface area (Å²) < 4.78 is 0. The summed E-state index contributed by atoms with van der Waals surface area (Å²) in [5.74, 6) is 0.608. The topological polar surface area (TPSA) is 49.6 Å². The van der Waals surface area contributed by atoms with E-state index in [2.05, 4.69) is 32.6 Å². The highest BCUT2D eigenvalue weighted by atomic mass is 16.2. The summed E-state index contributed by atoms with van der Waals surface area (Å²) in [6, 6.07) is 0.644. The minimum atomic E-state index is -0.00648. The third-order valence-corrected chi connectivity index (χ3v) is 4.41. The zero-order chi connectivity index (χ0) is 14.4. The normalized spacial score (nSPS) is 19.2. The van der Waals surface area contributed by atoms with Crippen molar-refractivity contribution in [3.05, 3.63) is 0 Å². The van der Waals surface area contributed by atoms with Crippen molar-refractivity contribution >= 4 is 5.91 Å². The summed E-state index contributed by atoms with van der Waals surface area (Å²) in [4.78, 5) is 16.7. The van der Waals surface area contributed by atoms with E-state index in [-0.39, 0.29) is 11.9 Å². The molecule has 4 heteroatoms. The number of hydrogen-bond acceptors (Lipinski definition) is 3. The zero-order valence-electron chi connectivity index (χ0n) is 13.1. The number of carbonyl (C=O) groups excluding carboxylic acids is 1. The lowest BCUT2D eigenvalue weighted by molar-refractivity contribution is -0.133. The van der Waals surface area contributed by atoms with Crippen LogP contribution in [-0.2, 0) is 4.79 Å². The first-order chi connectivity index (χ1) is 8.99. The molecular weight excluding hydrogens is 238 g/mol. The Kier molecular flexibility index (Phi) is 6.80. The van der Waals surface area contributed by atoms with Gasteiger partial charge in [-0.15, -0.1) is 0 Å². The number of piperidine rings is 1. The molecule has 0 aromatic rings. The molecule has 2 N–H and O–H groups in total. The molecule has 0 bridgehead atoms. The summed E-state index contributed by atoms with van der Waals surface area (Å²) in [5.41, 5.74) is 5.99. The first kappa shape index (κ1) is 16.4. The van der Waals surface area contributed by atoms with Crippen LogP contribution in [0.25, 0.3) is 0 Å². The number of rotatable bonds is 6. The molecule has 0 aliphatic carbocycles. The Morgan fingerprint density at radius 2 is 1.79 bits per heavy atom. The molecule has 1 heterocycles. The van der Waals surface area contributed by atoms with Crippen molar-refractivity contribution in [2.24, 2.45) is 11.7 Å². The molecule has 0 aromatic carbocycles. The number of hydrogen-bond donors (Lipinski definition) is 1. The van der Waals surface area contributed by atoms with Gasteiger partial charge in [-0.2, -0.15) is 0 Å². The van der Waals surface area contributed by atoms with E-state index in [0.29, 0.717) is 18.4 Å². The highest BCUT2D eigenvalue weighted by molar-refractivity contribution is 5.76. The first-order valence-electron chi connectivity index (χ1n) is 7.76. The van der Waals surface area contributed by atoms with Crippen LogP contribution in [0.3, 0.4) is 0 Å². The Bertz CT molecular complexity index is 269. The maximum atomic E-state index is 12.2. The molecule has 0 aromatic heterocycles. The van der Waals surface area contributed by atoms with Crippen LogP contribution in [0.4, 0.5) is 0 Å². The third-order valence-electron chi connectivity index (χ3n) is 4.41. The van der Waals surface area contributed by atoms with Crippen LogP contribution in [0.15, 0.2) is 0 Å². The van der Waals surface area contributed by atoms with E-state index in [1.165, 1.54) is 0 Å². The molecular formula is C15H31N3O. The van der Waals surface area contributed by atoms with Crippen LogP contribution in [0.1, 0.15) is 47.0 Å². The Morgan fingerprint density at radius 3 is 2.21 bits per heavy atom. The molecule has 1 rings (SSSR count). The van der Waals surface area contributed by atoms with Gasteiger partial charge in [-0.05, 0) is 31.8 Å². The van der Waals surface area contributed by atoms with Crippen LogP contribution in [0.2, 0.25) is 0 Å². The molecule has 1 amide bonds. The standard InChI is InChI=1S/C15H31N3O/c1-5-17(6-2)13-7-9-18(10-8-13)15(19)11-14(16)12(3)4/h12-14H,5-11,16H2,1-4H3. The molecule has 19 heavy (non-hydrogen) atoms. The van der Waals surface area contributed by atoms with Crippen LogP contribution < -0.4 is 5.73 Å². The quantitative estimate of drug-likeness (QED) is 0.798. The summed E-state index contributed by atoms with van der Waals surface area (Å²) in [7, 11) is 0. The van der Waals surface area contributed by atoms with E-state index in [0.717, 1.165) is 39.0 Å². The van der Waals surface area contributed by atoms with Crippen LogP contribution >= 0.6 is 0 Å². The highest BCUT2D eigenvalue weighted by Gasteiger charge is 2.26. The van der Waals surface area contributed by atoms with E-state index in [9.17, 15) is 4.79 Å². The molecule has 4 nitrogen and oxygen atoms in total. The lowest BCUT2D eigenvalue weighted by Gasteiger charge is -2.38. The van der Waals surface area contributed by atoms with Crippen molar-refractivity contribution < 1.29 is 4.79 Å². The lowest BCUT2D eigenvalue weighted by atomic mass is 9.99. The van der Waals surface area contributed by atoms with Gasteiger partial charge < -0.3 is 15.5 Å². The van der Waals surface area contributed by atoms with Gasteiger partial charge in [-0.1, -0.05) is 27.7 Å². The molecule has 1 atom stereocenters. The van der Waals surface area contributed by atoms with E-state index in [1.807, 2.05) is 4.90 Å². The van der Waals surface area contributed by atoms with Crippen LogP contribution in [0.5, 0.6) is 0 Å². The third kappa shape index (κ3) is 4.77. The van der Waals surface area contributed by atoms with Crippen molar-refractivity contribution in [3.8, 4) is 0 Å². The second kappa shape index (κ2) is 7.85. The molecule has 1 fully saturated rings. The first-order valence-corrected chi connectivity index (χ1v) is 7.76. The maximum Gasteiger partial charge on any atom is 0.224 e. The Balaban J connectivity index is 2.39. The molecule has 0 saturated carbocycles. The van der Waals surface area contributed by atoms with Crippen molar-refractivity contribution in [1.82, 2.24) is 9.80 Å². The summed E-state index contributed by atoms with van der Waals surface area (Å²) in [6.45, 7) is 12.6. The van der Waals surface area contributed by atoms with Gasteiger partial charge in [0.15, 0.2) is 0 Å². The van der Waals surface area contributed by atoms with Crippen molar-refractivity contribution in [3.63, 3.8) is 0 Å². The fraction of sp³-hybridized carbons (Fsp3) is 0.933. The van der Waals surface area contributed by atoms with Crippen LogP contribution in [0, 0.1) is 5.92 Å². The number of likely N-dealkylation sites (tertiary alicyclic amines) is 1. The number of amides is 1. The fourth-order valence-corrected chi connectivity index (χ4v) is 2.79. The van der Waals surface area contributed by atoms with Crippen molar-refractivity contribution in [2.45, 2.75) is 59.0 Å². The SMILES string of the molecule is CCN(CC)C1CCN(C(=O)CC(N)C(C)C)CC1. The predicted octanol–water partition coefficient (Wildman–Crippen LogP) is 1.69. The van der Waals surface area contributed by atoms with Crippen molar-refractivity contribution in [1.29, 1.82) is 0 Å². The zero-order valence-corrected chi connectivity index (χ0v) is 13.1. The summed E-state index contributed by atoms with van der Waals surface area (Å²) >= 11 is 0. The average molecular weight is 269 g/mol. The maximum absolute atomic E-state index is 12.2. The van der Waals surface area contributed by atoms with Crippen molar-refractivity contribution in [2.75, 3.05) is 26.2 Å². The Hall–Kier alpha value is -0.610. The van der Waals surface area contributed by atoms with Gasteiger partial charge >= 0.3 is 0 Å². The number of nitrogens with zero attached hydrogens (tertiary/aromatic N) is 2. The molecule has 0 radical (unpaired) electrons. The summed E-state index contributed by atoms with van der Waals surface area (Å²) in [6.07, 6.45) is 2.70. The minimum absolute atomic E-state index is 0.00648. The monoisotopic (exact) mass is 269 g/mol. The average Bonchev–Trinajstić information content (AvgIpc) is 2.40. The molecule has 1 aliphatic rings. The molecule has 1 saturated heterocycles. The van der Waals surface area contributed by atoms with Crippen LogP contribution in [-0.4, -0.2) is 54.0 Å². The van der Waals surface area contributed by atoms with E-state index in [1.54, 1.807) is 0 Å². The summed E-state index contributed by atoms with van der Waals surface area (Å²) in [5, 5.41) is 0. The molecule has 1 unspecified atom stereocenters. The Morgan fingerprint density at radius 1 is 1.26 bits per heavy atom. The number of nitrogens with two attached hydrogens (primary N) is 1. The Labute approximate surface area is 118 Å². The van der Waals surface area contributed by atoms with Gasteiger partial charge in [0, 0.05) is 31.6 Å². The van der Waals surface area contributed by atoms with E-state index >= 15 is 0 Å². The molecule has 112 valence electrons. The second-order valence-corrected chi connectivity index (χ2v) is 5.95. The van der Waals surface area contributed by atoms with E-state index in [4.69, 9.17) is 5.73 Å². The molecule has 0 spiro atoms. The van der Waals surface area contributed by atoms with Gasteiger partial charge in [0.25, 0.3) is 0 Å². The second-order valence-electron chi connectivity index (χ2n) is 5.95. The van der Waals surface area contributed by atoms with Gasteiger partial charge in [0.05, 0.1) is 0 Å². The predicted molar refractivity (Wildman–Crippen MR) is 80.0 cm³/mol. The van der Waals surface area contributed by atoms with E-state index < -0.39 is 0 Å². The minimum Gasteiger partial charge on any atom is -0.343 e. The molecule has 1 aliphatic heterocycles. The smallest absolute Gasteiger partial charge is 0.224 e. The largest absolute Gasteiger partial charge is 0.343 e. The van der Waals surface area contributed by atoms with Gasteiger partial charge in [-0.3, -0.25) is 4.79 Å². The van der Waals surface area contributed by atoms with Gasteiger partial charge in [-0.25, -0.2) is 0 Å². The van der Waals surface area contributed by atoms with Gasteiger partial charge in [0.2, 0.25) is 5.91 Å². The number of carbonyl (C=O) groups is 1. The van der Waals surface area contributed by atoms with Gasteiger partial charge in [0.1, 0.15) is 0 Å².